The van der Waals surface area contributed by atoms with Gasteiger partial charge in [-0.3, -0.25) is 19.1 Å². The quantitative estimate of drug-likeness (QED) is 0.544. The summed E-state index contributed by atoms with van der Waals surface area (Å²) in [6, 6.07) is 11.6. The fraction of sp³-hybridized carbons (Fsp3) is 0.348. The number of sulfonamides is 1. The molecule has 0 radical (unpaired) electrons. The number of para-hydroxylation sites is 1. The Labute approximate surface area is 197 Å². The van der Waals surface area contributed by atoms with Gasteiger partial charge in [0.2, 0.25) is 15.9 Å². The lowest BCUT2D eigenvalue weighted by molar-refractivity contribution is -0.116. The molecular weight excluding hydrogens is 458 g/mol. The predicted octanol–water partition coefficient (Wildman–Crippen LogP) is 1.46. The maximum Gasteiger partial charge on any atom is 0.295 e. The number of hydrogen-bond acceptors (Lipinski definition) is 5. The number of carbonyl (C=O) groups excluding carboxylic acids is 1. The predicted molar refractivity (Wildman–Crippen MR) is 128 cm³/mol. The highest BCUT2D eigenvalue weighted by atomic mass is 32.2. The summed E-state index contributed by atoms with van der Waals surface area (Å²) >= 11 is 0. The lowest BCUT2D eigenvalue weighted by Crippen LogP contribution is -2.30. The van der Waals surface area contributed by atoms with Gasteiger partial charge in [-0.25, -0.2) is 13.1 Å². The molecule has 0 atom stereocenters. The number of nitrogens with one attached hydrogen (secondary N) is 1. The second-order valence-electron chi connectivity index (χ2n) is 8.24. The Morgan fingerprint density at radius 1 is 1.03 bits per heavy atom. The van der Waals surface area contributed by atoms with Crippen molar-refractivity contribution < 1.29 is 13.2 Å². The summed E-state index contributed by atoms with van der Waals surface area (Å²) in [6.45, 7) is 2.63. The van der Waals surface area contributed by atoms with E-state index in [4.69, 9.17) is 0 Å². The summed E-state index contributed by atoms with van der Waals surface area (Å²) in [6.07, 6.45) is 2.79. The van der Waals surface area contributed by atoms with Gasteiger partial charge in [-0.1, -0.05) is 18.2 Å². The summed E-state index contributed by atoms with van der Waals surface area (Å²) in [7, 11) is -1.95. The number of pyridine rings is 1. The highest BCUT2D eigenvalue weighted by molar-refractivity contribution is 7.89. The fourth-order valence-electron chi connectivity index (χ4n) is 4.05. The maximum atomic E-state index is 13.0. The third kappa shape index (κ3) is 4.48. The van der Waals surface area contributed by atoms with Crippen LogP contribution in [-0.4, -0.2) is 45.7 Å². The van der Waals surface area contributed by atoms with Crippen molar-refractivity contribution in [2.24, 2.45) is 7.05 Å². The van der Waals surface area contributed by atoms with Crippen LogP contribution in [0.25, 0.3) is 5.69 Å². The summed E-state index contributed by atoms with van der Waals surface area (Å²) in [5.74, 6) is -0.453. The van der Waals surface area contributed by atoms with Crippen LogP contribution in [0.1, 0.15) is 25.0 Å². The lowest BCUT2D eigenvalue weighted by Gasteiger charge is -2.16. The molecule has 11 heteroatoms. The molecule has 1 fully saturated rings. The standard InChI is InChI=1S/C23H27N5O5S/c1-17-22(23(31)28(25(17)2)18-8-4-3-5-9-18)24-20(29)12-15-26-16-19(10-11-21(26)30)34(32,33)27-13-6-7-14-27/h3-5,8-11,16H,6-7,12-15H2,1-2H3,(H,24,29). The lowest BCUT2D eigenvalue weighted by atomic mass is 10.3. The summed E-state index contributed by atoms with van der Waals surface area (Å²) in [4.78, 5) is 37.9. The van der Waals surface area contributed by atoms with Gasteiger partial charge in [0, 0.05) is 45.4 Å². The average Bonchev–Trinajstić information content (AvgIpc) is 3.44. The van der Waals surface area contributed by atoms with Crippen LogP contribution in [0.5, 0.6) is 0 Å². The highest BCUT2D eigenvalue weighted by Gasteiger charge is 2.27. The van der Waals surface area contributed by atoms with Crippen LogP contribution >= 0.6 is 0 Å². The fourth-order valence-corrected chi connectivity index (χ4v) is 5.59. The minimum absolute atomic E-state index is 0.0210. The van der Waals surface area contributed by atoms with Crippen molar-refractivity contribution in [3.8, 4) is 5.69 Å². The van der Waals surface area contributed by atoms with Crippen molar-refractivity contribution in [3.63, 3.8) is 0 Å². The first-order chi connectivity index (χ1) is 16.2. The van der Waals surface area contributed by atoms with E-state index in [-0.39, 0.29) is 29.1 Å². The number of nitrogens with zero attached hydrogens (tertiary/aromatic N) is 4. The summed E-state index contributed by atoms with van der Waals surface area (Å²) in [5, 5.41) is 2.65. The minimum atomic E-state index is -3.68. The van der Waals surface area contributed by atoms with E-state index in [0.29, 0.717) is 24.5 Å². The largest absolute Gasteiger partial charge is 0.320 e. The molecule has 4 rings (SSSR count). The van der Waals surface area contributed by atoms with Gasteiger partial charge in [-0.15, -0.1) is 0 Å². The monoisotopic (exact) mass is 485 g/mol. The zero-order chi connectivity index (χ0) is 24.5. The first-order valence-electron chi connectivity index (χ1n) is 11.0. The third-order valence-corrected chi connectivity index (χ3v) is 7.94. The number of hydrogen-bond donors (Lipinski definition) is 1. The van der Waals surface area contributed by atoms with Gasteiger partial charge < -0.3 is 9.88 Å². The molecule has 0 saturated carbocycles. The number of rotatable bonds is 7. The Morgan fingerprint density at radius 3 is 2.38 bits per heavy atom. The summed E-state index contributed by atoms with van der Waals surface area (Å²) in [5.41, 5.74) is 0.638. The van der Waals surface area contributed by atoms with Crippen LogP contribution in [-0.2, 0) is 28.4 Å². The Hall–Kier alpha value is -3.44. The molecule has 3 heterocycles. The Kier molecular flexibility index (Phi) is 6.58. The number of amides is 1. The van der Waals surface area contributed by atoms with Crippen molar-refractivity contribution in [1.29, 1.82) is 0 Å². The van der Waals surface area contributed by atoms with Crippen LogP contribution in [0.3, 0.4) is 0 Å². The molecule has 34 heavy (non-hydrogen) atoms. The molecule has 0 aliphatic carbocycles. The van der Waals surface area contributed by atoms with Crippen LogP contribution in [0.15, 0.2) is 63.1 Å². The van der Waals surface area contributed by atoms with Gasteiger partial charge in [-0.2, -0.15) is 4.31 Å². The van der Waals surface area contributed by atoms with Crippen LogP contribution in [0.2, 0.25) is 0 Å². The van der Waals surface area contributed by atoms with E-state index in [1.165, 1.54) is 31.9 Å². The SMILES string of the molecule is Cc1c(NC(=O)CCn2cc(S(=O)(=O)N3CCCC3)ccc2=O)c(=O)n(-c2ccccc2)n1C. The molecule has 3 aromatic rings. The molecule has 0 spiro atoms. The molecule has 0 bridgehead atoms. The molecular formula is C23H27N5O5S. The van der Waals surface area contributed by atoms with Crippen LogP contribution in [0, 0.1) is 6.92 Å². The number of anilines is 1. The Balaban J connectivity index is 1.50. The normalized spacial score (nSPS) is 14.4. The molecule has 1 N–H and O–H groups in total. The molecule has 1 amide bonds. The average molecular weight is 486 g/mol. The van der Waals surface area contributed by atoms with Crippen LogP contribution < -0.4 is 16.4 Å². The summed E-state index contributed by atoms with van der Waals surface area (Å²) < 4.78 is 31.3. The van der Waals surface area contributed by atoms with Gasteiger partial charge in [0.1, 0.15) is 5.69 Å². The highest BCUT2D eigenvalue weighted by Crippen LogP contribution is 2.20. The van der Waals surface area contributed by atoms with Crippen molar-refractivity contribution >= 4 is 21.6 Å². The molecule has 1 saturated heterocycles. The number of aromatic nitrogens is 3. The molecule has 10 nitrogen and oxygen atoms in total. The molecule has 1 aliphatic heterocycles. The Bertz CT molecular complexity index is 1430. The van der Waals surface area contributed by atoms with Gasteiger partial charge in [-0.05, 0) is 38.0 Å². The topological polar surface area (TPSA) is 115 Å². The minimum Gasteiger partial charge on any atom is -0.320 e. The van der Waals surface area contributed by atoms with E-state index >= 15 is 0 Å². The molecule has 1 aromatic carbocycles. The molecule has 180 valence electrons. The van der Waals surface area contributed by atoms with Gasteiger partial charge in [0.15, 0.2) is 0 Å². The van der Waals surface area contributed by atoms with Crippen molar-refractivity contribution in [1.82, 2.24) is 18.2 Å². The first-order valence-corrected chi connectivity index (χ1v) is 12.5. The number of carbonyl (C=O) groups is 1. The maximum absolute atomic E-state index is 13.0. The van der Waals surface area contributed by atoms with Crippen molar-refractivity contribution in [2.75, 3.05) is 18.4 Å². The second-order valence-corrected chi connectivity index (χ2v) is 10.2. The Morgan fingerprint density at radius 2 is 1.71 bits per heavy atom. The van der Waals surface area contributed by atoms with Gasteiger partial charge in [0.25, 0.3) is 11.1 Å². The molecule has 1 aliphatic rings. The smallest absolute Gasteiger partial charge is 0.295 e. The van der Waals surface area contributed by atoms with Crippen LogP contribution in [0.4, 0.5) is 5.69 Å². The van der Waals surface area contributed by atoms with E-state index in [0.717, 1.165) is 12.8 Å². The first kappa shape index (κ1) is 23.7. The van der Waals surface area contributed by atoms with Crippen molar-refractivity contribution in [2.45, 2.75) is 37.6 Å². The third-order valence-electron chi connectivity index (χ3n) is 6.06. The number of aryl methyl sites for hydroxylation is 1. The molecule has 2 aromatic heterocycles. The zero-order valence-corrected chi connectivity index (χ0v) is 19.9. The second kappa shape index (κ2) is 9.43. The van der Waals surface area contributed by atoms with Gasteiger partial charge in [0.05, 0.1) is 16.3 Å². The van der Waals surface area contributed by atoms with E-state index < -0.39 is 21.5 Å². The van der Waals surface area contributed by atoms with E-state index in [2.05, 4.69) is 5.32 Å². The molecule has 0 unspecified atom stereocenters. The van der Waals surface area contributed by atoms with Crippen molar-refractivity contribution in [3.05, 3.63) is 75.1 Å². The van der Waals surface area contributed by atoms with E-state index in [1.807, 2.05) is 18.2 Å². The van der Waals surface area contributed by atoms with Gasteiger partial charge >= 0.3 is 0 Å². The zero-order valence-electron chi connectivity index (χ0n) is 19.1. The van der Waals surface area contributed by atoms with E-state index in [9.17, 15) is 22.8 Å². The van der Waals surface area contributed by atoms with E-state index in [1.54, 1.807) is 30.8 Å². The number of benzene rings is 1.